The van der Waals surface area contributed by atoms with Crippen molar-refractivity contribution in [3.8, 4) is 11.5 Å². The highest BCUT2D eigenvalue weighted by Crippen LogP contribution is 2.38. The third-order valence-corrected chi connectivity index (χ3v) is 4.37. The topological polar surface area (TPSA) is 86.5 Å². The summed E-state index contributed by atoms with van der Waals surface area (Å²) in [5, 5.41) is 5.20. The third kappa shape index (κ3) is 3.02. The minimum atomic E-state index is -0.289. The summed E-state index contributed by atoms with van der Waals surface area (Å²) in [5.74, 6) is 0.981. The summed E-state index contributed by atoms with van der Waals surface area (Å²) in [4.78, 5) is 16.3. The van der Waals surface area contributed by atoms with Crippen LogP contribution >= 0.6 is 27.3 Å². The fraction of sp³-hybridized carbons (Fsp3) is 0.231. The van der Waals surface area contributed by atoms with Gasteiger partial charge in [0.2, 0.25) is 0 Å². The molecule has 21 heavy (non-hydrogen) atoms. The maximum atomic E-state index is 12.2. The van der Waals surface area contributed by atoms with Crippen molar-refractivity contribution in [1.29, 1.82) is 0 Å². The fourth-order valence-electron chi connectivity index (χ4n) is 1.86. The molecule has 110 valence electrons. The Morgan fingerprint density at radius 2 is 2.10 bits per heavy atom. The molecule has 0 aliphatic carbocycles. The maximum Gasteiger partial charge on any atom is 0.275 e. The van der Waals surface area contributed by atoms with E-state index in [2.05, 4.69) is 26.2 Å². The number of carbonyl (C=O) groups excluding carboxylic acids is 1. The van der Waals surface area contributed by atoms with Gasteiger partial charge in [-0.2, -0.15) is 0 Å². The number of nitrogens with two attached hydrogens (primary N) is 1. The summed E-state index contributed by atoms with van der Waals surface area (Å²) >= 11 is 4.77. The Balaban J connectivity index is 1.82. The molecule has 0 unspecified atom stereocenters. The highest BCUT2D eigenvalue weighted by Gasteiger charge is 2.17. The molecule has 6 nitrogen and oxygen atoms in total. The molecule has 0 saturated carbocycles. The summed E-state index contributed by atoms with van der Waals surface area (Å²) < 4.78 is 11.7. The van der Waals surface area contributed by atoms with Crippen molar-refractivity contribution in [3.05, 3.63) is 32.7 Å². The Hall–Kier alpha value is -1.64. The van der Waals surface area contributed by atoms with Crippen LogP contribution in [0.4, 0.5) is 5.69 Å². The summed E-state index contributed by atoms with van der Waals surface area (Å²) in [7, 11) is 0. The first-order valence-electron chi connectivity index (χ1n) is 6.22. The first-order chi connectivity index (χ1) is 10.2. The van der Waals surface area contributed by atoms with Gasteiger partial charge in [0.1, 0.15) is 23.9 Å². The van der Waals surface area contributed by atoms with Gasteiger partial charge in [0.05, 0.1) is 5.69 Å². The van der Waals surface area contributed by atoms with E-state index < -0.39 is 0 Å². The monoisotopic (exact) mass is 369 g/mol. The highest BCUT2D eigenvalue weighted by molar-refractivity contribution is 9.10. The first kappa shape index (κ1) is 14.3. The number of carbonyl (C=O) groups is 1. The van der Waals surface area contributed by atoms with Crippen molar-refractivity contribution < 1.29 is 14.3 Å². The van der Waals surface area contributed by atoms with Gasteiger partial charge < -0.3 is 20.5 Å². The Morgan fingerprint density at radius 3 is 2.76 bits per heavy atom. The number of amides is 1. The summed E-state index contributed by atoms with van der Waals surface area (Å²) in [6.45, 7) is 1.34. The Kier molecular flexibility index (Phi) is 4.09. The zero-order valence-electron chi connectivity index (χ0n) is 10.9. The number of thiazole rings is 1. The lowest BCUT2D eigenvalue weighted by atomic mass is 10.2. The molecule has 0 saturated heterocycles. The number of fused-ring (bicyclic) bond motifs is 1. The van der Waals surface area contributed by atoms with Crippen molar-refractivity contribution in [1.82, 2.24) is 4.98 Å². The second-order valence-corrected chi connectivity index (χ2v) is 6.06. The van der Waals surface area contributed by atoms with E-state index in [0.717, 1.165) is 9.48 Å². The lowest BCUT2D eigenvalue weighted by Gasteiger charge is -2.20. The van der Waals surface area contributed by atoms with Gasteiger partial charge in [-0.25, -0.2) is 4.98 Å². The van der Waals surface area contributed by atoms with E-state index in [4.69, 9.17) is 15.2 Å². The van der Waals surface area contributed by atoms with E-state index in [1.807, 2.05) is 0 Å². The van der Waals surface area contributed by atoms with E-state index in [9.17, 15) is 4.79 Å². The molecule has 1 aromatic carbocycles. The molecule has 2 heterocycles. The summed E-state index contributed by atoms with van der Waals surface area (Å²) in [6, 6.07) is 3.50. The lowest BCUT2D eigenvalue weighted by Crippen LogP contribution is -2.17. The molecule has 1 amide bonds. The van der Waals surface area contributed by atoms with Gasteiger partial charge in [-0.1, -0.05) is 0 Å². The lowest BCUT2D eigenvalue weighted by molar-refractivity contribution is 0.102. The van der Waals surface area contributed by atoms with Crippen molar-refractivity contribution in [2.75, 3.05) is 18.5 Å². The SMILES string of the molecule is NCc1nc(C(=O)Nc2cc3c(cc2Br)OCCO3)cs1. The zero-order chi connectivity index (χ0) is 14.8. The number of hydrogen-bond acceptors (Lipinski definition) is 6. The van der Waals surface area contributed by atoms with Crippen LogP contribution < -0.4 is 20.5 Å². The van der Waals surface area contributed by atoms with Gasteiger partial charge in [-0.05, 0) is 15.9 Å². The van der Waals surface area contributed by atoms with Crippen LogP contribution in [0.5, 0.6) is 11.5 Å². The van der Waals surface area contributed by atoms with Gasteiger partial charge in [-0.15, -0.1) is 11.3 Å². The number of ether oxygens (including phenoxy) is 2. The van der Waals surface area contributed by atoms with Crippen molar-refractivity contribution >= 4 is 38.9 Å². The van der Waals surface area contributed by atoms with E-state index in [1.165, 1.54) is 11.3 Å². The number of aromatic nitrogens is 1. The van der Waals surface area contributed by atoms with Crippen LogP contribution in [-0.4, -0.2) is 24.1 Å². The van der Waals surface area contributed by atoms with E-state index >= 15 is 0 Å². The number of anilines is 1. The van der Waals surface area contributed by atoms with Crippen LogP contribution in [0.15, 0.2) is 22.0 Å². The van der Waals surface area contributed by atoms with Gasteiger partial charge in [0.25, 0.3) is 5.91 Å². The largest absolute Gasteiger partial charge is 0.486 e. The normalized spacial score (nSPS) is 13.0. The number of hydrogen-bond donors (Lipinski definition) is 2. The van der Waals surface area contributed by atoms with Crippen LogP contribution in [0.2, 0.25) is 0 Å². The fourth-order valence-corrected chi connectivity index (χ4v) is 2.93. The number of benzene rings is 1. The minimum absolute atomic E-state index is 0.289. The van der Waals surface area contributed by atoms with Gasteiger partial charge in [-0.3, -0.25) is 4.79 Å². The minimum Gasteiger partial charge on any atom is -0.486 e. The molecule has 0 atom stereocenters. The van der Waals surface area contributed by atoms with Gasteiger partial charge >= 0.3 is 0 Å². The van der Waals surface area contributed by atoms with E-state index in [-0.39, 0.29) is 5.91 Å². The molecule has 0 bridgehead atoms. The molecule has 0 fully saturated rings. The number of nitrogens with zero attached hydrogens (tertiary/aromatic N) is 1. The van der Waals surface area contributed by atoms with E-state index in [1.54, 1.807) is 17.5 Å². The molecule has 8 heteroatoms. The molecule has 3 rings (SSSR count). The molecule has 0 radical (unpaired) electrons. The smallest absolute Gasteiger partial charge is 0.275 e. The third-order valence-electron chi connectivity index (χ3n) is 2.84. The van der Waals surface area contributed by atoms with Gasteiger partial charge in [0.15, 0.2) is 11.5 Å². The predicted octanol–water partition coefficient (Wildman–Crippen LogP) is 2.39. The maximum absolute atomic E-state index is 12.2. The molecule has 1 aromatic heterocycles. The van der Waals surface area contributed by atoms with Crippen LogP contribution in [0.3, 0.4) is 0 Å². The second kappa shape index (κ2) is 6.00. The molecule has 1 aliphatic heterocycles. The quantitative estimate of drug-likeness (QED) is 0.867. The van der Waals surface area contributed by atoms with Crippen molar-refractivity contribution in [2.45, 2.75) is 6.54 Å². The Labute approximate surface area is 133 Å². The average molecular weight is 370 g/mol. The summed E-state index contributed by atoms with van der Waals surface area (Å²) in [5.41, 5.74) is 6.45. The molecule has 0 spiro atoms. The van der Waals surface area contributed by atoms with Crippen LogP contribution in [0, 0.1) is 0 Å². The average Bonchev–Trinajstić information content (AvgIpc) is 2.97. The number of rotatable bonds is 3. The Morgan fingerprint density at radius 1 is 1.38 bits per heavy atom. The molecule has 3 N–H and O–H groups in total. The predicted molar refractivity (Wildman–Crippen MR) is 83.1 cm³/mol. The zero-order valence-corrected chi connectivity index (χ0v) is 13.3. The number of nitrogens with one attached hydrogen (secondary N) is 1. The van der Waals surface area contributed by atoms with Crippen LogP contribution in [-0.2, 0) is 6.54 Å². The molecule has 2 aromatic rings. The molecular formula is C13H12BrN3O3S. The Bertz CT molecular complexity index is 689. The van der Waals surface area contributed by atoms with Gasteiger partial charge in [0, 0.05) is 28.5 Å². The second-order valence-electron chi connectivity index (χ2n) is 4.26. The van der Waals surface area contributed by atoms with Crippen molar-refractivity contribution in [3.63, 3.8) is 0 Å². The molecule has 1 aliphatic rings. The number of halogens is 1. The van der Waals surface area contributed by atoms with Crippen molar-refractivity contribution in [2.24, 2.45) is 5.73 Å². The van der Waals surface area contributed by atoms with Crippen LogP contribution in [0.1, 0.15) is 15.5 Å². The first-order valence-corrected chi connectivity index (χ1v) is 7.89. The highest BCUT2D eigenvalue weighted by atomic mass is 79.9. The standard InChI is InChI=1S/C13H12BrN3O3S/c14-7-3-10-11(20-2-1-19-10)4-8(7)17-13(18)9-6-21-12(5-15)16-9/h3-4,6H,1-2,5,15H2,(H,17,18). The van der Waals surface area contributed by atoms with Crippen LogP contribution in [0.25, 0.3) is 0 Å². The summed E-state index contributed by atoms with van der Waals surface area (Å²) in [6.07, 6.45) is 0. The molecular weight excluding hydrogens is 358 g/mol. The van der Waals surface area contributed by atoms with E-state index in [0.29, 0.717) is 42.6 Å².